The lowest BCUT2D eigenvalue weighted by Gasteiger charge is -2.24. The number of halogens is 3. The molecule has 1 saturated heterocycles. The van der Waals surface area contributed by atoms with E-state index >= 15 is 0 Å². The van der Waals surface area contributed by atoms with E-state index in [1.54, 1.807) is 11.8 Å². The minimum atomic E-state index is -1.64. The van der Waals surface area contributed by atoms with E-state index in [1.807, 2.05) is 6.07 Å². The van der Waals surface area contributed by atoms with Crippen LogP contribution in [0.25, 0.3) is 10.9 Å². The molecule has 8 heteroatoms. The molecule has 1 unspecified atom stereocenters. The van der Waals surface area contributed by atoms with Crippen molar-refractivity contribution in [3.63, 3.8) is 0 Å². The molecule has 24 heavy (non-hydrogen) atoms. The summed E-state index contributed by atoms with van der Waals surface area (Å²) < 4.78 is 41.1. The number of nitrogens with zero attached hydrogens (tertiary/aromatic N) is 3. The summed E-state index contributed by atoms with van der Waals surface area (Å²) in [5.41, 5.74) is -1.22. The molecule has 124 valence electrons. The van der Waals surface area contributed by atoms with Crippen LogP contribution in [0.1, 0.15) is 18.9 Å². The van der Waals surface area contributed by atoms with Crippen LogP contribution in [-0.4, -0.2) is 29.1 Å². The number of fused-ring (bicyclic) bond motifs is 1. The van der Waals surface area contributed by atoms with Crippen molar-refractivity contribution < 1.29 is 23.1 Å². The van der Waals surface area contributed by atoms with Crippen LogP contribution in [0.2, 0.25) is 0 Å². The molecule has 0 bridgehead atoms. The Morgan fingerprint density at radius 2 is 2.12 bits per heavy atom. The average Bonchev–Trinajstić information content (AvgIpc) is 2.95. The van der Waals surface area contributed by atoms with Gasteiger partial charge in [-0.25, -0.2) is 13.2 Å². The third-order valence-corrected chi connectivity index (χ3v) is 4.40. The van der Waals surface area contributed by atoms with Crippen LogP contribution in [-0.2, 0) is 4.79 Å². The molecule has 1 aromatic carbocycles. The molecule has 1 atom stereocenters. The van der Waals surface area contributed by atoms with E-state index in [1.165, 1.54) is 0 Å². The standard InChI is InChI=1S/C16H12F3N3O2/c1-16(15(23)24)2-3-22(7-16)14-8(5-20)6-21-13-9(14)4-10(17)11(18)12(13)19/h4,6H,2-3,7H2,1H3,(H,23,24). The van der Waals surface area contributed by atoms with Gasteiger partial charge in [0, 0.05) is 24.7 Å². The van der Waals surface area contributed by atoms with Crippen LogP contribution in [0.3, 0.4) is 0 Å². The number of anilines is 1. The molecule has 2 aromatic rings. The van der Waals surface area contributed by atoms with Crippen molar-refractivity contribution >= 4 is 22.6 Å². The minimum Gasteiger partial charge on any atom is -0.481 e. The maximum Gasteiger partial charge on any atom is 0.311 e. The topological polar surface area (TPSA) is 77.2 Å². The lowest BCUT2D eigenvalue weighted by atomic mass is 9.90. The van der Waals surface area contributed by atoms with E-state index in [0.29, 0.717) is 6.42 Å². The van der Waals surface area contributed by atoms with Gasteiger partial charge in [0.25, 0.3) is 0 Å². The zero-order valence-corrected chi connectivity index (χ0v) is 12.6. The number of carbonyl (C=O) groups is 1. The first-order valence-corrected chi connectivity index (χ1v) is 7.13. The van der Waals surface area contributed by atoms with E-state index in [2.05, 4.69) is 4.98 Å². The molecule has 0 saturated carbocycles. The van der Waals surface area contributed by atoms with Crippen LogP contribution in [0.5, 0.6) is 0 Å². The highest BCUT2D eigenvalue weighted by atomic mass is 19.2. The van der Waals surface area contributed by atoms with E-state index < -0.39 is 34.4 Å². The smallest absolute Gasteiger partial charge is 0.311 e. The second kappa shape index (κ2) is 5.37. The summed E-state index contributed by atoms with van der Waals surface area (Å²) in [5, 5.41) is 18.5. The maximum atomic E-state index is 14.0. The molecule has 5 nitrogen and oxygen atoms in total. The van der Waals surface area contributed by atoms with Crippen LogP contribution in [0, 0.1) is 34.2 Å². The zero-order chi connectivity index (χ0) is 17.6. The second-order valence-electron chi connectivity index (χ2n) is 6.05. The molecule has 0 aliphatic carbocycles. The lowest BCUT2D eigenvalue weighted by molar-refractivity contribution is -0.146. The van der Waals surface area contributed by atoms with Crippen molar-refractivity contribution in [2.24, 2.45) is 5.41 Å². The first-order chi connectivity index (χ1) is 11.3. The largest absolute Gasteiger partial charge is 0.481 e. The number of pyridine rings is 1. The van der Waals surface area contributed by atoms with Crippen LogP contribution in [0.15, 0.2) is 12.3 Å². The fourth-order valence-corrected chi connectivity index (χ4v) is 2.98. The van der Waals surface area contributed by atoms with Gasteiger partial charge < -0.3 is 10.0 Å². The number of carboxylic acids is 1. The Labute approximate surface area is 134 Å². The average molecular weight is 335 g/mol. The quantitative estimate of drug-likeness (QED) is 0.854. The SMILES string of the molecule is CC1(C(=O)O)CCN(c2c(C#N)cnc3c(F)c(F)c(F)cc23)C1. The van der Waals surface area contributed by atoms with Gasteiger partial charge >= 0.3 is 5.97 Å². The summed E-state index contributed by atoms with van der Waals surface area (Å²) >= 11 is 0. The third-order valence-electron chi connectivity index (χ3n) is 4.40. The molecular weight excluding hydrogens is 323 g/mol. The fourth-order valence-electron chi connectivity index (χ4n) is 2.98. The number of nitriles is 1. The van der Waals surface area contributed by atoms with Crippen molar-refractivity contribution in [2.45, 2.75) is 13.3 Å². The number of aliphatic carboxylic acids is 1. The number of hydrogen-bond donors (Lipinski definition) is 1. The van der Waals surface area contributed by atoms with Crippen molar-refractivity contribution in [1.82, 2.24) is 4.98 Å². The highest BCUT2D eigenvalue weighted by molar-refractivity contribution is 5.95. The summed E-state index contributed by atoms with van der Waals surface area (Å²) in [7, 11) is 0. The lowest BCUT2D eigenvalue weighted by Crippen LogP contribution is -2.32. The van der Waals surface area contributed by atoms with Gasteiger partial charge in [-0.05, 0) is 19.4 Å². The van der Waals surface area contributed by atoms with Gasteiger partial charge in [-0.3, -0.25) is 9.78 Å². The van der Waals surface area contributed by atoms with Gasteiger partial charge in [0.15, 0.2) is 17.5 Å². The number of benzene rings is 1. The first kappa shape index (κ1) is 16.1. The summed E-state index contributed by atoms with van der Waals surface area (Å²) in [4.78, 5) is 16.7. The summed E-state index contributed by atoms with van der Waals surface area (Å²) in [6, 6.07) is 2.67. The molecule has 1 aromatic heterocycles. The van der Waals surface area contributed by atoms with Gasteiger partial charge in [-0.15, -0.1) is 0 Å². The highest BCUT2D eigenvalue weighted by Crippen LogP contribution is 2.39. The van der Waals surface area contributed by atoms with Crippen molar-refractivity contribution in [3.05, 3.63) is 35.3 Å². The van der Waals surface area contributed by atoms with Crippen LogP contribution in [0.4, 0.5) is 18.9 Å². The molecule has 0 amide bonds. The number of aromatic nitrogens is 1. The van der Waals surface area contributed by atoms with E-state index in [0.717, 1.165) is 12.3 Å². The Morgan fingerprint density at radius 1 is 1.42 bits per heavy atom. The molecule has 3 rings (SSSR count). The Morgan fingerprint density at radius 3 is 2.71 bits per heavy atom. The van der Waals surface area contributed by atoms with Gasteiger partial charge in [-0.2, -0.15) is 5.26 Å². The van der Waals surface area contributed by atoms with Crippen LogP contribution < -0.4 is 4.90 Å². The van der Waals surface area contributed by atoms with E-state index in [9.17, 15) is 28.3 Å². The van der Waals surface area contributed by atoms with E-state index in [-0.39, 0.29) is 29.7 Å². The van der Waals surface area contributed by atoms with Gasteiger partial charge in [-0.1, -0.05) is 0 Å². The zero-order valence-electron chi connectivity index (χ0n) is 12.6. The predicted octanol–water partition coefficient (Wildman–Crippen LogP) is 2.82. The molecule has 1 aliphatic heterocycles. The van der Waals surface area contributed by atoms with E-state index in [4.69, 9.17) is 0 Å². The van der Waals surface area contributed by atoms with Crippen LogP contribution >= 0.6 is 0 Å². The van der Waals surface area contributed by atoms with Crippen molar-refractivity contribution in [2.75, 3.05) is 18.0 Å². The van der Waals surface area contributed by atoms with Gasteiger partial charge in [0.05, 0.1) is 16.7 Å². The fraction of sp³-hybridized carbons (Fsp3) is 0.312. The molecule has 1 aliphatic rings. The summed E-state index contributed by atoms with van der Waals surface area (Å²) in [6.07, 6.45) is 1.39. The monoisotopic (exact) mass is 335 g/mol. The molecule has 1 fully saturated rings. The number of hydrogen-bond acceptors (Lipinski definition) is 4. The normalized spacial score (nSPS) is 20.4. The molecule has 0 radical (unpaired) electrons. The van der Waals surface area contributed by atoms with Crippen molar-refractivity contribution in [1.29, 1.82) is 5.26 Å². The first-order valence-electron chi connectivity index (χ1n) is 7.13. The van der Waals surface area contributed by atoms with Gasteiger partial charge in [0.1, 0.15) is 11.6 Å². The maximum absolute atomic E-state index is 14.0. The Kier molecular flexibility index (Phi) is 3.59. The molecule has 0 spiro atoms. The Balaban J connectivity index is 2.24. The minimum absolute atomic E-state index is 0.0440. The number of rotatable bonds is 2. The summed E-state index contributed by atoms with van der Waals surface area (Å²) in [6.45, 7) is 1.92. The van der Waals surface area contributed by atoms with Gasteiger partial charge in [0.2, 0.25) is 0 Å². The second-order valence-corrected chi connectivity index (χ2v) is 6.05. The molecule has 2 heterocycles. The predicted molar refractivity (Wildman–Crippen MR) is 78.9 cm³/mol. The Hall–Kier alpha value is -2.82. The molecular formula is C16H12F3N3O2. The third kappa shape index (κ3) is 2.24. The van der Waals surface area contributed by atoms with Crippen molar-refractivity contribution in [3.8, 4) is 6.07 Å². The summed E-state index contributed by atoms with van der Waals surface area (Å²) in [5.74, 6) is -5.46. The number of carboxylic acid groups (broad SMARTS) is 1. The Bertz CT molecular complexity index is 910. The molecule has 1 N–H and O–H groups in total. The highest BCUT2D eigenvalue weighted by Gasteiger charge is 2.41.